The van der Waals surface area contributed by atoms with Crippen molar-refractivity contribution in [2.24, 2.45) is 0 Å². The van der Waals surface area contributed by atoms with Crippen molar-refractivity contribution in [2.75, 3.05) is 0 Å². The molecule has 0 atom stereocenters. The fraction of sp³-hybridized carbons (Fsp3) is 0.0556. The Kier molecular flexibility index (Phi) is 3.18. The summed E-state index contributed by atoms with van der Waals surface area (Å²) >= 11 is 0. The predicted octanol–water partition coefficient (Wildman–Crippen LogP) is 2.64. The zero-order chi connectivity index (χ0) is 16.0. The molecule has 0 unspecified atom stereocenters. The summed E-state index contributed by atoms with van der Waals surface area (Å²) in [5.41, 5.74) is 4.55. The Bertz CT molecular complexity index is 1020. The van der Waals surface area contributed by atoms with Gasteiger partial charge in [-0.1, -0.05) is 24.3 Å². The number of rotatable bonds is 2. The number of aromatic nitrogens is 1. The summed E-state index contributed by atoms with van der Waals surface area (Å²) in [4.78, 5) is 4.11. The van der Waals surface area contributed by atoms with E-state index in [0.717, 1.165) is 33.0 Å². The van der Waals surface area contributed by atoms with Crippen LogP contribution in [0.2, 0.25) is 0 Å². The predicted molar refractivity (Wildman–Crippen MR) is 91.5 cm³/mol. The molecule has 0 saturated heterocycles. The molecular formula is C18H14BNO3. The van der Waals surface area contributed by atoms with Crippen LogP contribution in [0.5, 0.6) is 0 Å². The molecule has 2 heterocycles. The Labute approximate surface area is 133 Å². The summed E-state index contributed by atoms with van der Waals surface area (Å²) in [5.74, 6) is 0. The van der Waals surface area contributed by atoms with E-state index in [2.05, 4.69) is 4.98 Å². The lowest BCUT2D eigenvalue weighted by atomic mass is 9.77. The third-order valence-electron chi connectivity index (χ3n) is 4.12. The molecule has 4 nitrogen and oxygen atoms in total. The first-order valence-electron chi connectivity index (χ1n) is 7.37. The van der Waals surface area contributed by atoms with E-state index in [4.69, 9.17) is 4.42 Å². The van der Waals surface area contributed by atoms with Gasteiger partial charge in [-0.15, -0.1) is 0 Å². The number of hydrogen-bond acceptors (Lipinski definition) is 4. The molecule has 4 rings (SSSR count). The van der Waals surface area contributed by atoms with Crippen LogP contribution in [0.1, 0.15) is 5.56 Å². The molecule has 112 valence electrons. The van der Waals surface area contributed by atoms with Gasteiger partial charge < -0.3 is 14.5 Å². The van der Waals surface area contributed by atoms with E-state index in [1.165, 1.54) is 0 Å². The van der Waals surface area contributed by atoms with Crippen molar-refractivity contribution in [1.82, 2.24) is 4.98 Å². The van der Waals surface area contributed by atoms with Crippen molar-refractivity contribution in [3.63, 3.8) is 0 Å². The highest BCUT2D eigenvalue weighted by Crippen LogP contribution is 2.32. The molecule has 0 fully saturated rings. The average Bonchev–Trinajstić information content (AvgIpc) is 2.93. The molecule has 0 bridgehead atoms. The molecule has 0 aliphatic carbocycles. The molecule has 2 N–H and O–H groups in total. The van der Waals surface area contributed by atoms with Crippen LogP contribution in [-0.4, -0.2) is 22.2 Å². The van der Waals surface area contributed by atoms with Crippen LogP contribution in [0, 0.1) is 6.92 Å². The Morgan fingerprint density at radius 2 is 1.87 bits per heavy atom. The summed E-state index contributed by atoms with van der Waals surface area (Å²) in [6, 6.07) is 13.4. The summed E-state index contributed by atoms with van der Waals surface area (Å²) in [5, 5.41) is 21.4. The van der Waals surface area contributed by atoms with Crippen molar-refractivity contribution in [3.05, 3.63) is 60.4 Å². The van der Waals surface area contributed by atoms with Gasteiger partial charge in [-0.3, -0.25) is 4.98 Å². The van der Waals surface area contributed by atoms with E-state index in [9.17, 15) is 10.0 Å². The highest BCUT2D eigenvalue weighted by molar-refractivity contribution is 6.62. The Balaban J connectivity index is 2.11. The highest BCUT2D eigenvalue weighted by atomic mass is 16.4. The molecule has 5 heteroatoms. The van der Waals surface area contributed by atoms with Crippen molar-refractivity contribution in [2.45, 2.75) is 6.92 Å². The summed E-state index contributed by atoms with van der Waals surface area (Å²) in [6.07, 6.45) is 3.52. The van der Waals surface area contributed by atoms with Gasteiger partial charge in [0, 0.05) is 28.6 Å². The van der Waals surface area contributed by atoms with Gasteiger partial charge in [0.15, 0.2) is 0 Å². The molecule has 0 spiro atoms. The second-order valence-corrected chi connectivity index (χ2v) is 5.60. The van der Waals surface area contributed by atoms with Crippen molar-refractivity contribution in [3.8, 4) is 11.1 Å². The Hall–Kier alpha value is -2.63. The molecule has 0 radical (unpaired) electrons. The van der Waals surface area contributed by atoms with Crippen molar-refractivity contribution >= 4 is 34.5 Å². The van der Waals surface area contributed by atoms with E-state index >= 15 is 0 Å². The fourth-order valence-electron chi connectivity index (χ4n) is 3.00. The standard InChI is InChI=1S/C18H14BNO3/c1-11-10-20-7-6-13(11)12-8-15-14-4-2-3-5-17(14)23-18(15)16(9-12)19(21)22/h2-10,21-22H,1H3. The number of pyridine rings is 1. The monoisotopic (exact) mass is 303 g/mol. The Morgan fingerprint density at radius 1 is 1.04 bits per heavy atom. The molecule has 0 amide bonds. The minimum atomic E-state index is -1.60. The van der Waals surface area contributed by atoms with Gasteiger partial charge in [0.2, 0.25) is 0 Å². The van der Waals surface area contributed by atoms with E-state index in [0.29, 0.717) is 11.0 Å². The molecule has 2 aromatic carbocycles. The second-order valence-electron chi connectivity index (χ2n) is 5.60. The number of benzene rings is 2. The maximum absolute atomic E-state index is 9.77. The van der Waals surface area contributed by atoms with Gasteiger partial charge in [-0.25, -0.2) is 0 Å². The lowest BCUT2D eigenvalue weighted by Gasteiger charge is -2.09. The minimum Gasteiger partial charge on any atom is -0.456 e. The van der Waals surface area contributed by atoms with Crippen LogP contribution in [0.4, 0.5) is 0 Å². The topological polar surface area (TPSA) is 66.5 Å². The number of aryl methyl sites for hydroxylation is 1. The third kappa shape index (κ3) is 2.22. The number of furan rings is 1. The smallest absolute Gasteiger partial charge is 0.456 e. The van der Waals surface area contributed by atoms with Crippen LogP contribution in [0.3, 0.4) is 0 Å². The van der Waals surface area contributed by atoms with E-state index in [-0.39, 0.29) is 0 Å². The van der Waals surface area contributed by atoms with E-state index < -0.39 is 7.12 Å². The van der Waals surface area contributed by atoms with Crippen LogP contribution >= 0.6 is 0 Å². The number of para-hydroxylation sites is 1. The van der Waals surface area contributed by atoms with Gasteiger partial charge >= 0.3 is 7.12 Å². The van der Waals surface area contributed by atoms with Gasteiger partial charge in [0.05, 0.1) is 0 Å². The van der Waals surface area contributed by atoms with Gasteiger partial charge in [0.25, 0.3) is 0 Å². The SMILES string of the molecule is Cc1cnccc1-c1cc(B(O)O)c2oc3ccccc3c2c1. The highest BCUT2D eigenvalue weighted by Gasteiger charge is 2.21. The largest absolute Gasteiger partial charge is 0.492 e. The summed E-state index contributed by atoms with van der Waals surface area (Å²) < 4.78 is 5.83. The molecule has 0 aliphatic heterocycles. The van der Waals surface area contributed by atoms with Gasteiger partial charge in [-0.05, 0) is 41.8 Å². The molecule has 0 aliphatic rings. The van der Waals surface area contributed by atoms with E-state index in [1.807, 2.05) is 43.3 Å². The molecule has 0 saturated carbocycles. The lowest BCUT2D eigenvalue weighted by molar-refractivity contribution is 0.425. The number of nitrogens with zero attached hydrogens (tertiary/aromatic N) is 1. The second kappa shape index (κ2) is 5.23. The van der Waals surface area contributed by atoms with Crippen LogP contribution in [0.15, 0.2) is 59.3 Å². The zero-order valence-corrected chi connectivity index (χ0v) is 12.5. The lowest BCUT2D eigenvalue weighted by Crippen LogP contribution is -2.30. The molecule has 2 aromatic heterocycles. The van der Waals surface area contributed by atoms with Crippen molar-refractivity contribution in [1.29, 1.82) is 0 Å². The number of fused-ring (bicyclic) bond motifs is 3. The first-order chi connectivity index (χ1) is 11.1. The summed E-state index contributed by atoms with van der Waals surface area (Å²) in [6.45, 7) is 1.98. The zero-order valence-electron chi connectivity index (χ0n) is 12.5. The van der Waals surface area contributed by atoms with Gasteiger partial charge in [-0.2, -0.15) is 0 Å². The first kappa shape index (κ1) is 14.0. The molecular weight excluding hydrogens is 289 g/mol. The first-order valence-corrected chi connectivity index (χ1v) is 7.37. The quantitative estimate of drug-likeness (QED) is 0.559. The normalized spacial score (nSPS) is 11.3. The average molecular weight is 303 g/mol. The van der Waals surface area contributed by atoms with Crippen molar-refractivity contribution < 1.29 is 14.5 Å². The van der Waals surface area contributed by atoms with Crippen LogP contribution in [0.25, 0.3) is 33.1 Å². The van der Waals surface area contributed by atoms with Gasteiger partial charge in [0.1, 0.15) is 11.2 Å². The third-order valence-corrected chi connectivity index (χ3v) is 4.12. The Morgan fingerprint density at radius 3 is 2.65 bits per heavy atom. The maximum atomic E-state index is 9.77. The fourth-order valence-corrected chi connectivity index (χ4v) is 3.00. The molecule has 23 heavy (non-hydrogen) atoms. The van der Waals surface area contributed by atoms with E-state index in [1.54, 1.807) is 18.5 Å². The maximum Gasteiger partial charge on any atom is 0.492 e. The molecule has 4 aromatic rings. The van der Waals surface area contributed by atoms with Crippen LogP contribution in [-0.2, 0) is 0 Å². The minimum absolute atomic E-state index is 0.366. The van der Waals surface area contributed by atoms with Crippen LogP contribution < -0.4 is 5.46 Å². The summed E-state index contributed by atoms with van der Waals surface area (Å²) in [7, 11) is -1.60. The number of hydrogen-bond donors (Lipinski definition) is 2.